The molecule has 4 heteroatoms. The Labute approximate surface area is 91.0 Å². The van der Waals surface area contributed by atoms with Crippen molar-refractivity contribution in [1.82, 2.24) is 4.98 Å². The molecule has 0 atom stereocenters. The van der Waals surface area contributed by atoms with Crippen LogP contribution in [0.1, 0.15) is 0 Å². The van der Waals surface area contributed by atoms with Gasteiger partial charge in [-0.05, 0) is 22.0 Å². The van der Waals surface area contributed by atoms with Crippen LogP contribution in [0.2, 0.25) is 5.02 Å². The molecule has 2 nitrogen and oxygen atoms in total. The van der Waals surface area contributed by atoms with Crippen LogP contribution >= 0.6 is 27.5 Å². The quantitative estimate of drug-likeness (QED) is 0.759. The summed E-state index contributed by atoms with van der Waals surface area (Å²) in [6.45, 7) is 0.494. The predicted octanol–water partition coefficient (Wildman–Crippen LogP) is 2.57. The zero-order valence-electron chi connectivity index (χ0n) is 7.09. The van der Waals surface area contributed by atoms with Gasteiger partial charge in [-0.3, -0.25) is 0 Å². The van der Waals surface area contributed by atoms with Crippen molar-refractivity contribution < 1.29 is 0 Å². The molecule has 0 unspecified atom stereocenters. The molecule has 0 saturated heterocycles. The maximum atomic E-state index is 5.96. The average Bonchev–Trinajstić information content (AvgIpc) is 2.04. The molecule has 0 saturated carbocycles. The third-order valence-corrected chi connectivity index (χ3v) is 2.19. The largest absolute Gasteiger partial charge is 0.347 e. The van der Waals surface area contributed by atoms with Gasteiger partial charge in [-0.2, -0.15) is 0 Å². The molecule has 0 fully saturated rings. The highest BCUT2D eigenvalue weighted by atomic mass is 79.9. The van der Waals surface area contributed by atoms with E-state index >= 15 is 0 Å². The average molecular weight is 260 g/mol. The minimum Gasteiger partial charge on any atom is -0.347 e. The maximum absolute atomic E-state index is 5.96. The summed E-state index contributed by atoms with van der Waals surface area (Å²) in [5.41, 5.74) is 0. The van der Waals surface area contributed by atoms with E-state index in [0.29, 0.717) is 17.4 Å². The zero-order chi connectivity index (χ0) is 9.84. The topological polar surface area (TPSA) is 16.1 Å². The van der Waals surface area contributed by atoms with E-state index in [1.54, 1.807) is 12.3 Å². The molecule has 0 aromatic carbocycles. The van der Waals surface area contributed by atoms with Crippen LogP contribution in [-0.2, 0) is 0 Å². The minimum absolute atomic E-state index is 0.494. The molecule has 0 aliphatic heterocycles. The normalized spacial score (nSPS) is 9.38. The lowest BCUT2D eigenvalue weighted by Crippen LogP contribution is -2.18. The van der Waals surface area contributed by atoms with E-state index in [1.165, 1.54) is 0 Å². The van der Waals surface area contributed by atoms with Gasteiger partial charge in [0.15, 0.2) is 0 Å². The lowest BCUT2D eigenvalue weighted by atomic mass is 10.4. The SMILES string of the molecule is C#CCN(C)c1ncc(Br)cc1Cl. The van der Waals surface area contributed by atoms with Gasteiger partial charge >= 0.3 is 0 Å². The number of aromatic nitrogens is 1. The van der Waals surface area contributed by atoms with Crippen molar-refractivity contribution in [3.63, 3.8) is 0 Å². The van der Waals surface area contributed by atoms with Crippen molar-refractivity contribution in [2.24, 2.45) is 0 Å². The number of hydrogen-bond donors (Lipinski definition) is 0. The maximum Gasteiger partial charge on any atom is 0.147 e. The van der Waals surface area contributed by atoms with Crippen LogP contribution in [0, 0.1) is 12.3 Å². The Morgan fingerprint density at radius 1 is 1.77 bits per heavy atom. The summed E-state index contributed by atoms with van der Waals surface area (Å²) in [4.78, 5) is 5.96. The molecule has 0 aliphatic rings. The molecule has 0 bridgehead atoms. The Morgan fingerprint density at radius 3 is 3.00 bits per heavy atom. The Bertz CT molecular complexity index is 346. The van der Waals surface area contributed by atoms with E-state index in [1.807, 2.05) is 11.9 Å². The standard InChI is InChI=1S/C9H8BrClN2/c1-3-4-13(2)9-8(11)5-7(10)6-12-9/h1,5-6H,4H2,2H3. The highest BCUT2D eigenvalue weighted by Crippen LogP contribution is 2.24. The van der Waals surface area contributed by atoms with Crippen molar-refractivity contribution in [3.05, 3.63) is 21.8 Å². The van der Waals surface area contributed by atoms with Crippen molar-refractivity contribution in [2.45, 2.75) is 0 Å². The molecule has 1 heterocycles. The van der Waals surface area contributed by atoms with Gasteiger partial charge < -0.3 is 4.90 Å². The first-order valence-electron chi connectivity index (χ1n) is 3.61. The first-order valence-corrected chi connectivity index (χ1v) is 4.78. The molecule has 68 valence electrons. The molecule has 0 aliphatic carbocycles. The molecule has 1 aromatic heterocycles. The van der Waals surface area contributed by atoms with Crippen molar-refractivity contribution in [3.8, 4) is 12.3 Å². The first kappa shape index (κ1) is 10.4. The number of anilines is 1. The summed E-state index contributed by atoms with van der Waals surface area (Å²) < 4.78 is 0.857. The summed E-state index contributed by atoms with van der Waals surface area (Å²) in [6, 6.07) is 1.79. The van der Waals surface area contributed by atoms with Crippen LogP contribution < -0.4 is 4.90 Å². The Morgan fingerprint density at radius 2 is 2.46 bits per heavy atom. The third-order valence-electron chi connectivity index (χ3n) is 1.48. The predicted molar refractivity (Wildman–Crippen MR) is 59.1 cm³/mol. The van der Waals surface area contributed by atoms with Gasteiger partial charge in [0.1, 0.15) is 5.82 Å². The lowest BCUT2D eigenvalue weighted by molar-refractivity contribution is 1.00. The second-order valence-electron chi connectivity index (χ2n) is 2.52. The molecule has 1 rings (SSSR count). The Kier molecular flexibility index (Phi) is 3.58. The van der Waals surface area contributed by atoms with Crippen molar-refractivity contribution in [2.75, 3.05) is 18.5 Å². The van der Waals surface area contributed by atoms with Crippen LogP contribution in [0.3, 0.4) is 0 Å². The van der Waals surface area contributed by atoms with Crippen LogP contribution in [0.25, 0.3) is 0 Å². The van der Waals surface area contributed by atoms with Crippen molar-refractivity contribution >= 4 is 33.3 Å². The third kappa shape index (κ3) is 2.61. The summed E-state index contributed by atoms with van der Waals surface area (Å²) in [6.07, 6.45) is 6.86. The number of pyridine rings is 1. The highest BCUT2D eigenvalue weighted by Gasteiger charge is 2.06. The van der Waals surface area contributed by atoms with Crippen LogP contribution in [-0.4, -0.2) is 18.6 Å². The van der Waals surface area contributed by atoms with Gasteiger partial charge in [0, 0.05) is 17.7 Å². The monoisotopic (exact) mass is 258 g/mol. The van der Waals surface area contributed by atoms with Crippen LogP contribution in [0.5, 0.6) is 0 Å². The summed E-state index contributed by atoms with van der Waals surface area (Å²) in [7, 11) is 1.85. The molecule has 1 aromatic rings. The highest BCUT2D eigenvalue weighted by molar-refractivity contribution is 9.10. The second kappa shape index (κ2) is 4.50. The van der Waals surface area contributed by atoms with Crippen LogP contribution in [0.4, 0.5) is 5.82 Å². The lowest BCUT2D eigenvalue weighted by Gasteiger charge is -2.15. The number of hydrogen-bond acceptors (Lipinski definition) is 2. The molecule has 13 heavy (non-hydrogen) atoms. The fourth-order valence-corrected chi connectivity index (χ4v) is 1.67. The first-order chi connectivity index (χ1) is 6.15. The molecule has 0 amide bonds. The smallest absolute Gasteiger partial charge is 0.147 e. The molecular formula is C9H8BrClN2. The Hall–Kier alpha value is -0.720. The van der Waals surface area contributed by atoms with Gasteiger partial charge in [0.2, 0.25) is 0 Å². The van der Waals surface area contributed by atoms with Crippen molar-refractivity contribution in [1.29, 1.82) is 0 Å². The number of halogens is 2. The number of terminal acetylenes is 1. The summed E-state index contributed by atoms with van der Waals surface area (Å²) in [5, 5.41) is 0.590. The van der Waals surface area contributed by atoms with Crippen LogP contribution in [0.15, 0.2) is 16.7 Å². The molecule has 0 N–H and O–H groups in total. The Balaban J connectivity index is 2.96. The molecular weight excluding hydrogens is 251 g/mol. The minimum atomic E-state index is 0.494. The number of rotatable bonds is 2. The fourth-order valence-electron chi connectivity index (χ4n) is 0.900. The molecule has 0 radical (unpaired) electrons. The van der Waals surface area contributed by atoms with E-state index in [0.717, 1.165) is 4.47 Å². The fraction of sp³-hybridized carbons (Fsp3) is 0.222. The van der Waals surface area contributed by atoms with Gasteiger partial charge in [-0.25, -0.2) is 4.98 Å². The van der Waals surface area contributed by atoms with Gasteiger partial charge in [-0.15, -0.1) is 6.42 Å². The van der Waals surface area contributed by atoms with E-state index in [2.05, 4.69) is 26.8 Å². The molecule has 0 spiro atoms. The summed E-state index contributed by atoms with van der Waals surface area (Å²) >= 11 is 9.24. The van der Waals surface area contributed by atoms with E-state index < -0.39 is 0 Å². The summed E-state index contributed by atoms with van der Waals surface area (Å²) in [5.74, 6) is 3.22. The van der Waals surface area contributed by atoms with Gasteiger partial charge in [0.25, 0.3) is 0 Å². The number of nitrogens with zero attached hydrogens (tertiary/aromatic N) is 2. The second-order valence-corrected chi connectivity index (χ2v) is 3.84. The van der Waals surface area contributed by atoms with Gasteiger partial charge in [-0.1, -0.05) is 17.5 Å². The van der Waals surface area contributed by atoms with E-state index in [-0.39, 0.29) is 0 Å². The van der Waals surface area contributed by atoms with Gasteiger partial charge in [0.05, 0.1) is 11.6 Å². The van der Waals surface area contributed by atoms with E-state index in [4.69, 9.17) is 18.0 Å². The zero-order valence-corrected chi connectivity index (χ0v) is 9.43. The van der Waals surface area contributed by atoms with E-state index in [9.17, 15) is 0 Å².